The first-order valence-corrected chi connectivity index (χ1v) is 9.59. The van der Waals surface area contributed by atoms with Gasteiger partial charge in [0.2, 0.25) is 0 Å². The Balaban J connectivity index is 2.76. The Hall–Kier alpha value is -1.28. The van der Waals surface area contributed by atoms with Crippen LogP contribution in [-0.2, 0) is 0 Å². The second-order valence-electron chi connectivity index (χ2n) is 7.31. The van der Waals surface area contributed by atoms with Gasteiger partial charge in [0, 0.05) is 24.5 Å². The maximum Gasteiger partial charge on any atom is 0.310 e. The Morgan fingerprint density at radius 1 is 0.739 bits per heavy atom. The second kappa shape index (κ2) is 7.09. The maximum absolute atomic E-state index is 2.39. The van der Waals surface area contributed by atoms with E-state index in [4.69, 9.17) is 0 Å². The van der Waals surface area contributed by atoms with E-state index in [9.17, 15) is 0 Å². The van der Waals surface area contributed by atoms with Crippen LogP contribution in [0.15, 0.2) is 24.8 Å². The molecule has 4 nitrogen and oxygen atoms in total. The molecule has 23 heavy (non-hydrogen) atoms. The average molecular weight is 335 g/mol. The third-order valence-electron chi connectivity index (χ3n) is 4.12. The third kappa shape index (κ3) is 3.63. The molecular formula is C18H32N4P+. The molecule has 0 radical (unpaired) electrons. The molecule has 0 aromatic carbocycles. The van der Waals surface area contributed by atoms with E-state index in [2.05, 4.69) is 98.4 Å². The molecule has 0 aliphatic carbocycles. The molecule has 128 valence electrons. The molecule has 0 spiro atoms. The van der Waals surface area contributed by atoms with Crippen molar-refractivity contribution in [2.75, 3.05) is 0 Å². The predicted octanol–water partition coefficient (Wildman–Crippen LogP) is 4.51. The number of imidazole rings is 2. The Bertz CT molecular complexity index is 660. The molecule has 0 bridgehead atoms. The van der Waals surface area contributed by atoms with Crippen LogP contribution in [0.2, 0.25) is 0 Å². The fourth-order valence-corrected chi connectivity index (χ4v) is 4.58. The molecule has 5 heteroatoms. The summed E-state index contributed by atoms with van der Waals surface area (Å²) in [6.07, 6.45) is 8.87. The van der Waals surface area contributed by atoms with Gasteiger partial charge in [0.05, 0.1) is 20.3 Å². The van der Waals surface area contributed by atoms with Gasteiger partial charge in [0.25, 0.3) is 0 Å². The molecule has 0 saturated carbocycles. The van der Waals surface area contributed by atoms with Crippen molar-refractivity contribution in [3.63, 3.8) is 0 Å². The molecule has 0 amide bonds. The van der Waals surface area contributed by atoms with Crippen LogP contribution in [-0.4, -0.2) is 13.7 Å². The first-order chi connectivity index (χ1) is 10.7. The van der Waals surface area contributed by atoms with Crippen molar-refractivity contribution in [3.8, 4) is 0 Å². The highest BCUT2D eigenvalue weighted by molar-refractivity contribution is 7.37. The predicted molar refractivity (Wildman–Crippen MR) is 98.4 cm³/mol. The van der Waals surface area contributed by atoms with Gasteiger partial charge in [-0.25, -0.2) is 9.13 Å². The summed E-state index contributed by atoms with van der Waals surface area (Å²) in [6, 6.07) is 1.86. The van der Waals surface area contributed by atoms with Gasteiger partial charge in [-0.05, 0) is 55.4 Å². The van der Waals surface area contributed by atoms with Gasteiger partial charge in [0.15, 0.2) is 0 Å². The van der Waals surface area contributed by atoms with E-state index in [1.165, 1.54) is 19.0 Å². The van der Waals surface area contributed by atoms with Gasteiger partial charge in [0.1, 0.15) is 17.6 Å². The van der Waals surface area contributed by atoms with Gasteiger partial charge in [-0.3, -0.25) is 0 Å². The highest BCUT2D eigenvalue weighted by atomic mass is 31.1. The van der Waals surface area contributed by atoms with Crippen molar-refractivity contribution in [1.82, 2.24) is 13.7 Å². The van der Waals surface area contributed by atoms with E-state index in [0.717, 1.165) is 0 Å². The van der Waals surface area contributed by atoms with Crippen molar-refractivity contribution in [2.45, 2.75) is 79.6 Å². The maximum atomic E-state index is 2.39. The number of nitrogens with zero attached hydrogens (tertiary/aromatic N) is 4. The number of rotatable bonds is 5. The lowest BCUT2D eigenvalue weighted by Crippen LogP contribution is -2.48. The summed E-state index contributed by atoms with van der Waals surface area (Å²) in [6.45, 7) is 18.0. The van der Waals surface area contributed by atoms with Crippen LogP contribution >= 0.6 is 8.20 Å². The number of aromatic nitrogens is 4. The van der Waals surface area contributed by atoms with E-state index >= 15 is 0 Å². The zero-order valence-electron chi connectivity index (χ0n) is 15.9. The topological polar surface area (TPSA) is 18.7 Å². The Kier molecular flexibility index (Phi) is 5.57. The largest absolute Gasteiger partial charge is 0.326 e. The fourth-order valence-electron chi connectivity index (χ4n) is 2.75. The van der Waals surface area contributed by atoms with Crippen LogP contribution in [0.3, 0.4) is 0 Å². The summed E-state index contributed by atoms with van der Waals surface area (Å²) in [5.41, 5.74) is 1.35. The van der Waals surface area contributed by atoms with E-state index < -0.39 is 0 Å². The molecule has 0 saturated heterocycles. The van der Waals surface area contributed by atoms with Gasteiger partial charge in [-0.15, -0.1) is 0 Å². The monoisotopic (exact) mass is 335 g/mol. The highest BCUT2D eigenvalue weighted by Gasteiger charge is 2.21. The minimum atomic E-state index is 0.465. The lowest BCUT2D eigenvalue weighted by molar-refractivity contribution is -0.698. The first-order valence-electron chi connectivity index (χ1n) is 8.69. The zero-order chi connectivity index (χ0) is 17.3. The molecule has 0 unspecified atom stereocenters. The quantitative estimate of drug-likeness (QED) is 0.566. The van der Waals surface area contributed by atoms with Crippen molar-refractivity contribution >= 4 is 13.8 Å². The normalized spacial score (nSPS) is 12.5. The molecule has 0 fully saturated rings. The summed E-state index contributed by atoms with van der Waals surface area (Å²) in [5, 5.41) is 1.35. The molecule has 2 heterocycles. The minimum absolute atomic E-state index is 0.465. The summed E-state index contributed by atoms with van der Waals surface area (Å²) in [7, 11) is 1.26. The molecule has 2 rings (SSSR count). The molecule has 2 aromatic heterocycles. The van der Waals surface area contributed by atoms with Crippen molar-refractivity contribution < 1.29 is 4.57 Å². The molecule has 0 atom stereocenters. The smallest absolute Gasteiger partial charge is 0.310 e. The minimum Gasteiger partial charge on any atom is -0.326 e. The fraction of sp³-hybridized carbons (Fsp3) is 0.667. The van der Waals surface area contributed by atoms with Crippen molar-refractivity contribution in [1.29, 1.82) is 0 Å². The standard InChI is InChI=1S/C18H32N4P/c1-13(2)19-9-10-20(14(3)4)17(19)23-18-21(15(5)6)11-12-22(18)16(7)8/h9-16H,1-8H3/q+1. The summed E-state index contributed by atoms with van der Waals surface area (Å²) < 4.78 is 9.57. The number of hydrogen-bond acceptors (Lipinski definition) is 0. The van der Waals surface area contributed by atoms with Gasteiger partial charge in [-0.2, -0.15) is 0 Å². The lowest BCUT2D eigenvalue weighted by atomic mass is 10.4. The van der Waals surface area contributed by atoms with Gasteiger partial charge in [-0.1, -0.05) is 0 Å². The Morgan fingerprint density at radius 2 is 1.22 bits per heavy atom. The Labute approximate surface area is 142 Å². The highest BCUT2D eigenvalue weighted by Crippen LogP contribution is 2.18. The van der Waals surface area contributed by atoms with Crippen LogP contribution in [0.1, 0.15) is 79.6 Å². The summed E-state index contributed by atoms with van der Waals surface area (Å²) >= 11 is 0. The first kappa shape index (κ1) is 18.1. The molecule has 0 N–H and O–H groups in total. The zero-order valence-corrected chi connectivity index (χ0v) is 16.7. The van der Waals surface area contributed by atoms with Crippen molar-refractivity contribution in [2.24, 2.45) is 0 Å². The average Bonchev–Trinajstić information content (AvgIpc) is 3.02. The van der Waals surface area contributed by atoms with Gasteiger partial charge < -0.3 is 9.13 Å². The molecule has 0 aliphatic heterocycles. The SMILES string of the molecule is CC(C)n1cc[n+](C(C)C)c1P=c1n(C(C)C)ccn1C(C)C. The van der Waals surface area contributed by atoms with E-state index in [0.29, 0.717) is 24.2 Å². The van der Waals surface area contributed by atoms with Gasteiger partial charge >= 0.3 is 5.57 Å². The van der Waals surface area contributed by atoms with Crippen LogP contribution in [0.4, 0.5) is 0 Å². The number of hydrogen-bond donors (Lipinski definition) is 0. The van der Waals surface area contributed by atoms with Crippen LogP contribution < -0.4 is 10.1 Å². The Morgan fingerprint density at radius 3 is 1.61 bits per heavy atom. The third-order valence-corrected chi connectivity index (χ3v) is 5.45. The summed E-state index contributed by atoms with van der Waals surface area (Å²) in [5.74, 6) is 0. The lowest BCUT2D eigenvalue weighted by Gasteiger charge is -2.12. The van der Waals surface area contributed by atoms with Crippen LogP contribution in [0.5, 0.6) is 0 Å². The molecule has 2 aromatic rings. The molecule has 0 aliphatic rings. The summed E-state index contributed by atoms with van der Waals surface area (Å²) in [4.78, 5) is 0. The second-order valence-corrected chi connectivity index (χ2v) is 8.34. The van der Waals surface area contributed by atoms with E-state index in [-0.39, 0.29) is 0 Å². The van der Waals surface area contributed by atoms with E-state index in [1.54, 1.807) is 0 Å². The van der Waals surface area contributed by atoms with Crippen LogP contribution in [0, 0.1) is 5.20 Å². The van der Waals surface area contributed by atoms with Crippen LogP contribution in [0.25, 0.3) is 0 Å². The van der Waals surface area contributed by atoms with Crippen molar-refractivity contribution in [3.05, 3.63) is 30.0 Å². The van der Waals surface area contributed by atoms with E-state index in [1.807, 2.05) is 0 Å². The molecular weight excluding hydrogens is 303 g/mol.